The summed E-state index contributed by atoms with van der Waals surface area (Å²) in [6.07, 6.45) is 3.92. The van der Waals surface area contributed by atoms with Crippen LogP contribution in [-0.4, -0.2) is 17.5 Å². The summed E-state index contributed by atoms with van der Waals surface area (Å²) in [5.41, 5.74) is 2.31. The maximum atomic E-state index is 8.64. The molecular weight excluding hydrogens is 228 g/mol. The van der Waals surface area contributed by atoms with Crippen LogP contribution in [0.15, 0.2) is 24.3 Å². The van der Waals surface area contributed by atoms with Crippen LogP contribution in [0.3, 0.4) is 0 Å². The monoisotopic (exact) mass is 248 g/mol. The van der Waals surface area contributed by atoms with Gasteiger partial charge in [0.05, 0.1) is 0 Å². The van der Waals surface area contributed by atoms with Gasteiger partial charge in [0, 0.05) is 11.3 Å². The van der Waals surface area contributed by atoms with Gasteiger partial charge in [0.25, 0.3) is 0 Å². The van der Waals surface area contributed by atoms with Crippen LogP contribution in [0.5, 0.6) is 0 Å². The van der Waals surface area contributed by atoms with E-state index in [2.05, 4.69) is 30.9 Å². The molecule has 1 N–H and O–H groups in total. The average Bonchev–Trinajstić information content (AvgIpc) is 2.37. The van der Waals surface area contributed by atoms with Crippen LogP contribution in [0.4, 0.5) is 0 Å². The summed E-state index contributed by atoms with van der Waals surface area (Å²) in [5, 5.41) is 8.64. The number of rotatable bonds is 6. The van der Waals surface area contributed by atoms with Crippen molar-refractivity contribution in [1.29, 1.82) is 0 Å². The van der Waals surface area contributed by atoms with Gasteiger partial charge in [-0.3, -0.25) is 0 Å². The van der Waals surface area contributed by atoms with Crippen LogP contribution >= 0.6 is 11.8 Å². The second kappa shape index (κ2) is 9.15. The van der Waals surface area contributed by atoms with E-state index >= 15 is 0 Å². The van der Waals surface area contributed by atoms with Crippen LogP contribution < -0.4 is 0 Å². The molecule has 1 rings (SSSR count). The summed E-state index contributed by atoms with van der Waals surface area (Å²) in [6.45, 7) is 2.16. The van der Waals surface area contributed by atoms with E-state index < -0.39 is 0 Å². The van der Waals surface area contributed by atoms with Crippen molar-refractivity contribution in [3.05, 3.63) is 35.4 Å². The molecule has 17 heavy (non-hydrogen) atoms. The van der Waals surface area contributed by atoms with E-state index in [-0.39, 0.29) is 6.61 Å². The maximum Gasteiger partial charge on any atom is 0.104 e. The molecule has 0 atom stereocenters. The van der Waals surface area contributed by atoms with E-state index in [9.17, 15) is 0 Å². The Morgan fingerprint density at radius 3 is 2.94 bits per heavy atom. The fraction of sp³-hybridized carbons (Fsp3) is 0.467. The third-order valence-corrected chi connectivity index (χ3v) is 3.51. The molecule has 0 heterocycles. The quantitative estimate of drug-likeness (QED) is 0.614. The van der Waals surface area contributed by atoms with Crippen molar-refractivity contribution < 1.29 is 5.11 Å². The molecule has 0 aliphatic carbocycles. The smallest absolute Gasteiger partial charge is 0.104 e. The Balaban J connectivity index is 2.38. The number of aliphatic hydroxyl groups is 1. The van der Waals surface area contributed by atoms with Gasteiger partial charge < -0.3 is 5.11 Å². The van der Waals surface area contributed by atoms with Crippen molar-refractivity contribution >= 4 is 11.8 Å². The van der Waals surface area contributed by atoms with Gasteiger partial charge in [0.2, 0.25) is 0 Å². The van der Waals surface area contributed by atoms with E-state index in [0.717, 1.165) is 11.3 Å². The standard InChI is InChI=1S/C15H20OS/c1-2-3-4-11-17-13-15-8-5-7-14(12-15)9-6-10-16/h5,7-8,12,16H,2-4,10-11,13H2,1H3. The lowest BCUT2D eigenvalue weighted by Crippen LogP contribution is -1.85. The molecule has 2 heteroatoms. The Morgan fingerprint density at radius 2 is 2.18 bits per heavy atom. The van der Waals surface area contributed by atoms with Crippen LogP contribution in [-0.2, 0) is 5.75 Å². The zero-order chi connectivity index (χ0) is 12.3. The minimum Gasteiger partial charge on any atom is -0.384 e. The number of unbranched alkanes of at least 4 members (excludes halogenated alkanes) is 2. The van der Waals surface area contributed by atoms with Crippen LogP contribution in [0.25, 0.3) is 0 Å². The van der Waals surface area contributed by atoms with Gasteiger partial charge in [0.15, 0.2) is 0 Å². The Bertz CT molecular complexity index is 376. The van der Waals surface area contributed by atoms with E-state index in [1.165, 1.54) is 30.6 Å². The predicted octanol–water partition coefficient (Wildman–Crippen LogP) is 3.45. The largest absolute Gasteiger partial charge is 0.384 e. The molecule has 0 spiro atoms. The molecular formula is C15H20OS. The Labute approximate surface area is 109 Å². The molecule has 0 aromatic heterocycles. The molecule has 0 aliphatic rings. The molecule has 0 bridgehead atoms. The topological polar surface area (TPSA) is 20.2 Å². The number of thioether (sulfide) groups is 1. The zero-order valence-corrected chi connectivity index (χ0v) is 11.2. The second-order valence-corrected chi connectivity index (χ2v) is 5.03. The maximum absolute atomic E-state index is 8.64. The zero-order valence-electron chi connectivity index (χ0n) is 10.4. The summed E-state index contributed by atoms with van der Waals surface area (Å²) in [5.74, 6) is 7.90. The van der Waals surface area contributed by atoms with E-state index in [1.807, 2.05) is 23.9 Å². The minimum absolute atomic E-state index is 0.0734. The van der Waals surface area contributed by atoms with E-state index in [0.29, 0.717) is 0 Å². The van der Waals surface area contributed by atoms with Gasteiger partial charge in [-0.05, 0) is 29.9 Å². The first-order valence-corrected chi connectivity index (χ1v) is 7.28. The van der Waals surface area contributed by atoms with Gasteiger partial charge in [-0.2, -0.15) is 11.8 Å². The molecule has 0 aliphatic heterocycles. The van der Waals surface area contributed by atoms with Crippen LogP contribution in [0, 0.1) is 11.8 Å². The lowest BCUT2D eigenvalue weighted by Gasteiger charge is -2.02. The molecule has 1 aromatic rings. The molecule has 0 saturated carbocycles. The molecule has 0 fully saturated rings. The van der Waals surface area contributed by atoms with Gasteiger partial charge in [-0.1, -0.05) is 43.7 Å². The first kappa shape index (κ1) is 14.2. The van der Waals surface area contributed by atoms with Crippen molar-refractivity contribution in [1.82, 2.24) is 0 Å². The summed E-state index contributed by atoms with van der Waals surface area (Å²) in [6, 6.07) is 8.25. The molecule has 0 amide bonds. The fourth-order valence-corrected chi connectivity index (χ4v) is 2.49. The van der Waals surface area contributed by atoms with Crippen molar-refractivity contribution in [3.8, 4) is 11.8 Å². The van der Waals surface area contributed by atoms with Crippen molar-refractivity contribution in [2.24, 2.45) is 0 Å². The SMILES string of the molecule is CCCCCSCc1cccc(C#CCO)c1. The van der Waals surface area contributed by atoms with Crippen LogP contribution in [0.1, 0.15) is 37.3 Å². The third-order valence-electron chi connectivity index (χ3n) is 2.40. The van der Waals surface area contributed by atoms with Crippen LogP contribution in [0.2, 0.25) is 0 Å². The number of benzene rings is 1. The highest BCUT2D eigenvalue weighted by Crippen LogP contribution is 2.15. The summed E-state index contributed by atoms with van der Waals surface area (Å²) >= 11 is 1.98. The highest BCUT2D eigenvalue weighted by molar-refractivity contribution is 7.98. The highest BCUT2D eigenvalue weighted by atomic mass is 32.2. The van der Waals surface area contributed by atoms with Gasteiger partial charge in [-0.25, -0.2) is 0 Å². The van der Waals surface area contributed by atoms with Crippen molar-refractivity contribution in [2.75, 3.05) is 12.4 Å². The Hall–Kier alpha value is -0.910. The molecule has 1 nitrogen and oxygen atoms in total. The minimum atomic E-state index is -0.0734. The van der Waals surface area contributed by atoms with Gasteiger partial charge in [0.1, 0.15) is 6.61 Å². The first-order valence-electron chi connectivity index (χ1n) is 6.13. The van der Waals surface area contributed by atoms with E-state index in [4.69, 9.17) is 5.11 Å². The molecule has 1 aromatic carbocycles. The molecule has 0 radical (unpaired) electrons. The highest BCUT2D eigenvalue weighted by Gasteiger charge is 1.95. The predicted molar refractivity (Wildman–Crippen MR) is 76.1 cm³/mol. The van der Waals surface area contributed by atoms with Crippen molar-refractivity contribution in [3.63, 3.8) is 0 Å². The van der Waals surface area contributed by atoms with E-state index in [1.54, 1.807) is 0 Å². The van der Waals surface area contributed by atoms with Crippen molar-refractivity contribution in [2.45, 2.75) is 31.9 Å². The summed E-state index contributed by atoms with van der Waals surface area (Å²) in [4.78, 5) is 0. The van der Waals surface area contributed by atoms with Gasteiger partial charge >= 0.3 is 0 Å². The number of hydrogen-bond donors (Lipinski definition) is 1. The summed E-state index contributed by atoms with van der Waals surface area (Å²) in [7, 11) is 0. The Morgan fingerprint density at radius 1 is 1.29 bits per heavy atom. The molecule has 0 unspecified atom stereocenters. The number of aliphatic hydroxyl groups excluding tert-OH is 1. The second-order valence-electron chi connectivity index (χ2n) is 3.92. The van der Waals surface area contributed by atoms with Gasteiger partial charge in [-0.15, -0.1) is 0 Å². The summed E-state index contributed by atoms with van der Waals surface area (Å²) < 4.78 is 0. The average molecular weight is 248 g/mol. The fourth-order valence-electron chi connectivity index (χ4n) is 1.52. The third kappa shape index (κ3) is 6.41. The molecule has 0 saturated heterocycles. The number of hydrogen-bond acceptors (Lipinski definition) is 2. The lowest BCUT2D eigenvalue weighted by molar-refractivity contribution is 0.350. The normalized spacial score (nSPS) is 9.76. The molecule has 92 valence electrons. The Kier molecular flexibility index (Phi) is 7.62. The lowest BCUT2D eigenvalue weighted by atomic mass is 10.1. The first-order chi connectivity index (χ1) is 8.36.